The van der Waals surface area contributed by atoms with Gasteiger partial charge in [0.25, 0.3) is 5.91 Å². The summed E-state index contributed by atoms with van der Waals surface area (Å²) < 4.78 is 0. The van der Waals surface area contributed by atoms with E-state index >= 15 is 0 Å². The van der Waals surface area contributed by atoms with Crippen LogP contribution in [0.4, 0.5) is 0 Å². The Balaban J connectivity index is 2.64. The quantitative estimate of drug-likeness (QED) is 0.613. The van der Waals surface area contributed by atoms with Gasteiger partial charge in [-0.3, -0.25) is 4.79 Å². The minimum absolute atomic E-state index is 0.0683. The van der Waals surface area contributed by atoms with E-state index in [1.165, 1.54) is 18.2 Å². The Kier molecular flexibility index (Phi) is 4.78. The molecular weight excluding hydrogens is 222 g/mol. The number of aliphatic hydroxyl groups excluding tert-OH is 1. The Morgan fingerprint density at radius 2 is 1.94 bits per heavy atom. The van der Waals surface area contributed by atoms with Gasteiger partial charge in [0.15, 0.2) is 0 Å². The Morgan fingerprint density at radius 1 is 1.35 bits per heavy atom. The monoisotopic (exact) mass is 239 g/mol. The summed E-state index contributed by atoms with van der Waals surface area (Å²) in [4.78, 5) is 11.7. The van der Waals surface area contributed by atoms with E-state index in [2.05, 4.69) is 5.32 Å². The number of benzene rings is 1. The number of carbonyl (C=O) groups excluding carboxylic acids is 1. The lowest BCUT2D eigenvalue weighted by Crippen LogP contribution is -2.28. The van der Waals surface area contributed by atoms with Crippen LogP contribution in [0, 0.1) is 5.92 Å². The van der Waals surface area contributed by atoms with Crippen LogP contribution in [0.1, 0.15) is 23.7 Å². The second-order valence-electron chi connectivity index (χ2n) is 4.00. The van der Waals surface area contributed by atoms with Crippen molar-refractivity contribution in [1.29, 1.82) is 0 Å². The van der Waals surface area contributed by atoms with Gasteiger partial charge in [-0.1, -0.05) is 13.0 Å². The van der Waals surface area contributed by atoms with E-state index in [4.69, 9.17) is 5.11 Å². The van der Waals surface area contributed by atoms with Crippen molar-refractivity contribution in [1.82, 2.24) is 5.32 Å². The molecule has 0 saturated heterocycles. The maximum atomic E-state index is 11.7. The number of aliphatic hydroxyl groups is 1. The number of hydrogen-bond acceptors (Lipinski definition) is 4. The topological polar surface area (TPSA) is 89.8 Å². The van der Waals surface area contributed by atoms with Gasteiger partial charge in [-0.05, 0) is 24.5 Å². The van der Waals surface area contributed by atoms with E-state index in [0.717, 1.165) is 0 Å². The molecule has 4 N–H and O–H groups in total. The van der Waals surface area contributed by atoms with Gasteiger partial charge in [0.05, 0.1) is 0 Å². The molecule has 1 amide bonds. The zero-order valence-electron chi connectivity index (χ0n) is 9.68. The van der Waals surface area contributed by atoms with Crippen LogP contribution in [0.3, 0.4) is 0 Å². The maximum absolute atomic E-state index is 11.7. The van der Waals surface area contributed by atoms with Gasteiger partial charge in [0.1, 0.15) is 17.1 Å². The van der Waals surface area contributed by atoms with Crippen molar-refractivity contribution in [2.75, 3.05) is 13.2 Å². The van der Waals surface area contributed by atoms with Crippen LogP contribution in [-0.2, 0) is 0 Å². The van der Waals surface area contributed by atoms with E-state index in [1.54, 1.807) is 0 Å². The van der Waals surface area contributed by atoms with Crippen molar-refractivity contribution < 1.29 is 20.1 Å². The van der Waals surface area contributed by atoms with Crippen LogP contribution in [0.25, 0.3) is 0 Å². The number of rotatable bonds is 5. The molecule has 1 unspecified atom stereocenters. The van der Waals surface area contributed by atoms with E-state index in [-0.39, 0.29) is 29.6 Å². The fraction of sp³-hybridized carbons (Fsp3) is 0.417. The third-order valence-electron chi connectivity index (χ3n) is 2.48. The van der Waals surface area contributed by atoms with Crippen molar-refractivity contribution >= 4 is 5.91 Å². The van der Waals surface area contributed by atoms with Gasteiger partial charge >= 0.3 is 0 Å². The zero-order valence-corrected chi connectivity index (χ0v) is 9.68. The SMILES string of the molecule is CC(CCO)CNC(=O)c1c(O)cccc1O. The summed E-state index contributed by atoms with van der Waals surface area (Å²) in [5.41, 5.74) is -0.122. The third-order valence-corrected chi connectivity index (χ3v) is 2.48. The molecule has 0 aliphatic carbocycles. The molecule has 1 atom stereocenters. The molecule has 0 aromatic heterocycles. The number of hydrogen-bond donors (Lipinski definition) is 4. The molecule has 17 heavy (non-hydrogen) atoms. The predicted octanol–water partition coefficient (Wildman–Crippen LogP) is 0.846. The summed E-state index contributed by atoms with van der Waals surface area (Å²) in [7, 11) is 0. The average Bonchev–Trinajstić information content (AvgIpc) is 2.26. The Morgan fingerprint density at radius 3 is 2.47 bits per heavy atom. The molecule has 0 fully saturated rings. The summed E-state index contributed by atoms with van der Waals surface area (Å²) >= 11 is 0. The summed E-state index contributed by atoms with van der Waals surface area (Å²) in [6.45, 7) is 2.34. The van der Waals surface area contributed by atoms with Gasteiger partial charge in [-0.15, -0.1) is 0 Å². The Bertz CT molecular complexity index is 372. The zero-order chi connectivity index (χ0) is 12.8. The van der Waals surface area contributed by atoms with Crippen LogP contribution in [0.15, 0.2) is 18.2 Å². The van der Waals surface area contributed by atoms with Crippen LogP contribution >= 0.6 is 0 Å². The summed E-state index contributed by atoms with van der Waals surface area (Å²) in [5, 5.41) is 30.2. The molecule has 1 aromatic rings. The third kappa shape index (κ3) is 3.64. The van der Waals surface area contributed by atoms with Crippen molar-refractivity contribution in [3.05, 3.63) is 23.8 Å². The van der Waals surface area contributed by atoms with E-state index in [9.17, 15) is 15.0 Å². The molecule has 0 aliphatic heterocycles. The Labute approximate surface area is 99.7 Å². The standard InChI is InChI=1S/C12H17NO4/c1-8(5-6-14)7-13-12(17)11-9(15)3-2-4-10(11)16/h2-4,8,14-16H,5-7H2,1H3,(H,13,17). The van der Waals surface area contributed by atoms with Crippen LogP contribution in [-0.4, -0.2) is 34.4 Å². The number of phenols is 2. The second kappa shape index (κ2) is 6.10. The lowest BCUT2D eigenvalue weighted by atomic mass is 10.1. The van der Waals surface area contributed by atoms with Gasteiger partial charge in [0.2, 0.25) is 0 Å². The molecule has 1 rings (SSSR count). The van der Waals surface area contributed by atoms with Crippen LogP contribution in [0.5, 0.6) is 11.5 Å². The number of aromatic hydroxyl groups is 2. The molecule has 5 heteroatoms. The lowest BCUT2D eigenvalue weighted by Gasteiger charge is -2.12. The van der Waals surface area contributed by atoms with Crippen LogP contribution in [0.2, 0.25) is 0 Å². The molecule has 1 aromatic carbocycles. The molecule has 0 bridgehead atoms. The molecule has 0 radical (unpaired) electrons. The first-order chi connectivity index (χ1) is 8.06. The largest absolute Gasteiger partial charge is 0.507 e. The molecular formula is C12H17NO4. The van der Waals surface area contributed by atoms with Gasteiger partial charge in [-0.2, -0.15) is 0 Å². The first kappa shape index (κ1) is 13.3. The fourth-order valence-corrected chi connectivity index (χ4v) is 1.44. The van der Waals surface area contributed by atoms with Crippen LogP contribution < -0.4 is 5.32 Å². The van der Waals surface area contributed by atoms with Gasteiger partial charge in [0, 0.05) is 13.2 Å². The molecule has 0 heterocycles. The van der Waals surface area contributed by atoms with Crippen molar-refractivity contribution in [2.45, 2.75) is 13.3 Å². The Hall–Kier alpha value is -1.75. The normalized spacial score (nSPS) is 12.1. The highest BCUT2D eigenvalue weighted by atomic mass is 16.3. The predicted molar refractivity (Wildman–Crippen MR) is 63.0 cm³/mol. The number of carbonyl (C=O) groups is 1. The smallest absolute Gasteiger partial charge is 0.258 e. The summed E-state index contributed by atoms with van der Waals surface area (Å²) in [6.07, 6.45) is 0.590. The maximum Gasteiger partial charge on any atom is 0.258 e. The van der Waals surface area contributed by atoms with Gasteiger partial charge < -0.3 is 20.6 Å². The summed E-state index contributed by atoms with van der Waals surface area (Å²) in [6, 6.07) is 4.13. The molecule has 94 valence electrons. The molecule has 0 saturated carbocycles. The number of nitrogens with one attached hydrogen (secondary N) is 1. The summed E-state index contributed by atoms with van der Waals surface area (Å²) in [5.74, 6) is -0.892. The molecule has 5 nitrogen and oxygen atoms in total. The van der Waals surface area contributed by atoms with E-state index in [1.807, 2.05) is 6.92 Å². The fourth-order valence-electron chi connectivity index (χ4n) is 1.44. The van der Waals surface area contributed by atoms with Crippen molar-refractivity contribution in [3.63, 3.8) is 0 Å². The highest BCUT2D eigenvalue weighted by Crippen LogP contribution is 2.25. The molecule has 0 aliphatic rings. The van der Waals surface area contributed by atoms with E-state index in [0.29, 0.717) is 13.0 Å². The first-order valence-corrected chi connectivity index (χ1v) is 5.46. The first-order valence-electron chi connectivity index (χ1n) is 5.46. The van der Waals surface area contributed by atoms with Crippen molar-refractivity contribution in [3.8, 4) is 11.5 Å². The van der Waals surface area contributed by atoms with Crippen molar-refractivity contribution in [2.24, 2.45) is 5.92 Å². The lowest BCUT2D eigenvalue weighted by molar-refractivity contribution is 0.0940. The van der Waals surface area contributed by atoms with E-state index < -0.39 is 5.91 Å². The number of amides is 1. The minimum Gasteiger partial charge on any atom is -0.507 e. The molecule has 0 spiro atoms. The highest BCUT2D eigenvalue weighted by molar-refractivity contribution is 5.99. The van der Waals surface area contributed by atoms with Gasteiger partial charge in [-0.25, -0.2) is 0 Å². The number of phenolic OH excluding ortho intramolecular Hbond substituents is 2. The second-order valence-corrected chi connectivity index (χ2v) is 4.00. The average molecular weight is 239 g/mol. The highest BCUT2D eigenvalue weighted by Gasteiger charge is 2.16. The minimum atomic E-state index is -0.523.